The summed E-state index contributed by atoms with van der Waals surface area (Å²) in [6.45, 7) is 9.67. The van der Waals surface area contributed by atoms with Crippen molar-refractivity contribution in [2.45, 2.75) is 26.8 Å². The second-order valence-electron chi connectivity index (χ2n) is 9.09. The Kier molecular flexibility index (Phi) is 5.56. The van der Waals surface area contributed by atoms with Crippen molar-refractivity contribution in [1.82, 2.24) is 34.2 Å². The Morgan fingerprint density at radius 3 is 2.61 bits per heavy atom. The van der Waals surface area contributed by atoms with Gasteiger partial charge in [0.1, 0.15) is 22.0 Å². The number of aromatic nitrogens is 6. The predicted octanol–water partition coefficient (Wildman–Crippen LogP) is 4.52. The summed E-state index contributed by atoms with van der Waals surface area (Å²) in [5.41, 5.74) is 1.18. The third-order valence-corrected chi connectivity index (χ3v) is 7.33. The van der Waals surface area contributed by atoms with Gasteiger partial charge < -0.3 is 20.1 Å². The van der Waals surface area contributed by atoms with Crippen LogP contribution in [0.15, 0.2) is 30.7 Å². The van der Waals surface area contributed by atoms with Gasteiger partial charge in [0, 0.05) is 44.0 Å². The summed E-state index contributed by atoms with van der Waals surface area (Å²) in [5.74, 6) is 0.251. The Bertz CT molecular complexity index is 1550. The lowest BCUT2D eigenvalue weighted by Crippen LogP contribution is -2.43. The van der Waals surface area contributed by atoms with Crippen LogP contribution in [-0.4, -0.2) is 55.1 Å². The fourth-order valence-corrected chi connectivity index (χ4v) is 5.70. The number of fused-ring (bicyclic) bond motifs is 2. The lowest BCUT2D eigenvalue weighted by atomic mass is 10.1. The molecule has 6 rings (SSSR count). The van der Waals surface area contributed by atoms with Gasteiger partial charge in [-0.05, 0) is 32.9 Å². The maximum atomic E-state index is 14.9. The van der Waals surface area contributed by atoms with E-state index in [0.29, 0.717) is 22.7 Å². The van der Waals surface area contributed by atoms with Crippen LogP contribution in [0.3, 0.4) is 0 Å². The number of halogens is 2. The number of hydrogen-bond acceptors (Lipinski definition) is 8. The first-order valence-electron chi connectivity index (χ1n) is 11.8. The highest BCUT2D eigenvalue weighted by Gasteiger charge is 2.19. The van der Waals surface area contributed by atoms with Gasteiger partial charge in [-0.25, -0.2) is 28.7 Å². The molecular formula is C24H25F2N9S. The van der Waals surface area contributed by atoms with Gasteiger partial charge in [-0.1, -0.05) is 11.3 Å². The van der Waals surface area contributed by atoms with Crippen molar-refractivity contribution in [1.29, 1.82) is 0 Å². The fourth-order valence-electron chi connectivity index (χ4n) is 4.68. The van der Waals surface area contributed by atoms with E-state index in [1.807, 2.05) is 35.9 Å². The first-order chi connectivity index (χ1) is 17.4. The van der Waals surface area contributed by atoms with Gasteiger partial charge in [0.25, 0.3) is 0 Å². The number of anilines is 3. The number of imidazole rings is 2. The van der Waals surface area contributed by atoms with Crippen LogP contribution in [0.5, 0.6) is 0 Å². The summed E-state index contributed by atoms with van der Waals surface area (Å²) >= 11 is 1.61. The van der Waals surface area contributed by atoms with Crippen LogP contribution in [-0.2, 0) is 0 Å². The average Bonchev–Trinajstić information content (AvgIpc) is 3.52. The quantitative estimate of drug-likeness (QED) is 0.360. The Balaban J connectivity index is 1.31. The van der Waals surface area contributed by atoms with Crippen molar-refractivity contribution < 1.29 is 8.78 Å². The maximum Gasteiger partial charge on any atom is 0.229 e. The van der Waals surface area contributed by atoms with Crippen molar-refractivity contribution in [2.24, 2.45) is 0 Å². The zero-order valence-electron chi connectivity index (χ0n) is 20.1. The molecule has 9 nitrogen and oxygen atoms in total. The minimum absolute atomic E-state index is 0.00414. The van der Waals surface area contributed by atoms with E-state index >= 15 is 0 Å². The minimum atomic E-state index is -0.641. The van der Waals surface area contributed by atoms with E-state index in [1.54, 1.807) is 17.4 Å². The molecule has 186 valence electrons. The number of thiazole rings is 1. The molecule has 0 spiro atoms. The van der Waals surface area contributed by atoms with E-state index in [-0.39, 0.29) is 23.2 Å². The molecule has 4 aromatic heterocycles. The van der Waals surface area contributed by atoms with Gasteiger partial charge in [0.2, 0.25) is 5.95 Å². The van der Waals surface area contributed by atoms with Gasteiger partial charge in [-0.15, -0.1) is 0 Å². The Morgan fingerprint density at radius 2 is 1.86 bits per heavy atom. The molecule has 0 radical (unpaired) electrons. The standard InChI is InChI=1S/C24H25F2N9S/c1-13(2)35-14(3)29-22-16(25)8-15(9-18(22)35)21-17(26)10-28-23(32-21)30-19-11-34-12-20(36-24(34)31-19)33-6-4-27-5-7-33/h8-13,27H,4-7H2,1-3H3,(H,28,30,32). The van der Waals surface area contributed by atoms with Crippen LogP contribution in [0.1, 0.15) is 25.7 Å². The molecule has 0 unspecified atom stereocenters. The minimum Gasteiger partial charge on any atom is -0.360 e. The Morgan fingerprint density at radius 1 is 1.06 bits per heavy atom. The van der Waals surface area contributed by atoms with E-state index in [0.717, 1.165) is 37.3 Å². The molecule has 1 saturated heterocycles. The van der Waals surface area contributed by atoms with Gasteiger partial charge in [0.05, 0.1) is 17.9 Å². The van der Waals surface area contributed by atoms with Crippen LogP contribution >= 0.6 is 11.3 Å². The van der Waals surface area contributed by atoms with E-state index < -0.39 is 11.6 Å². The monoisotopic (exact) mass is 509 g/mol. The highest BCUT2D eigenvalue weighted by molar-refractivity contribution is 7.20. The summed E-state index contributed by atoms with van der Waals surface area (Å²) in [6, 6.07) is 3.05. The topological polar surface area (TPSA) is 88.2 Å². The molecule has 2 N–H and O–H groups in total. The number of nitrogens with zero attached hydrogens (tertiary/aromatic N) is 7. The molecule has 5 aromatic rings. The Hall–Kier alpha value is -3.64. The van der Waals surface area contributed by atoms with Crippen LogP contribution in [0.4, 0.5) is 25.5 Å². The number of piperazine rings is 1. The summed E-state index contributed by atoms with van der Waals surface area (Å²) in [5, 5.41) is 7.57. The van der Waals surface area contributed by atoms with Crippen molar-refractivity contribution >= 4 is 44.1 Å². The zero-order valence-corrected chi connectivity index (χ0v) is 20.9. The third kappa shape index (κ3) is 3.95. The van der Waals surface area contributed by atoms with Gasteiger partial charge >= 0.3 is 0 Å². The molecule has 0 amide bonds. The van der Waals surface area contributed by atoms with Gasteiger partial charge in [-0.2, -0.15) is 0 Å². The van der Waals surface area contributed by atoms with Crippen LogP contribution < -0.4 is 15.5 Å². The number of aryl methyl sites for hydroxylation is 1. The fraction of sp³-hybridized carbons (Fsp3) is 0.333. The first kappa shape index (κ1) is 22.8. The molecule has 12 heteroatoms. The van der Waals surface area contributed by atoms with Crippen molar-refractivity contribution in [3.8, 4) is 11.3 Å². The lowest BCUT2D eigenvalue weighted by molar-refractivity contribution is 0.591. The molecule has 1 aliphatic rings. The van der Waals surface area contributed by atoms with Crippen LogP contribution in [0, 0.1) is 18.6 Å². The molecular weight excluding hydrogens is 484 g/mol. The van der Waals surface area contributed by atoms with Crippen molar-refractivity contribution in [3.05, 3.63) is 48.2 Å². The highest BCUT2D eigenvalue weighted by atomic mass is 32.1. The number of hydrogen-bond donors (Lipinski definition) is 2. The largest absolute Gasteiger partial charge is 0.360 e. The molecule has 5 heterocycles. The van der Waals surface area contributed by atoms with Crippen LogP contribution in [0.2, 0.25) is 0 Å². The SMILES string of the molecule is Cc1nc2c(F)cc(-c3nc(Nc4cn5cc(N6CCNCC6)sc5n4)ncc3F)cc2n1C(C)C. The summed E-state index contributed by atoms with van der Waals surface area (Å²) in [6.07, 6.45) is 4.98. The molecule has 1 aromatic carbocycles. The molecule has 1 fully saturated rings. The Labute approximate surface area is 209 Å². The number of nitrogens with one attached hydrogen (secondary N) is 2. The number of rotatable bonds is 5. The third-order valence-electron chi connectivity index (χ3n) is 6.27. The van der Waals surface area contributed by atoms with Gasteiger partial charge in [0.15, 0.2) is 22.4 Å². The summed E-state index contributed by atoms with van der Waals surface area (Å²) in [7, 11) is 0. The molecule has 36 heavy (non-hydrogen) atoms. The molecule has 0 atom stereocenters. The predicted molar refractivity (Wildman–Crippen MR) is 137 cm³/mol. The number of benzene rings is 1. The highest BCUT2D eigenvalue weighted by Crippen LogP contribution is 2.31. The molecule has 0 saturated carbocycles. The smallest absolute Gasteiger partial charge is 0.229 e. The van der Waals surface area contributed by atoms with E-state index in [4.69, 9.17) is 0 Å². The van der Waals surface area contributed by atoms with E-state index in [9.17, 15) is 8.78 Å². The maximum absolute atomic E-state index is 14.9. The lowest BCUT2D eigenvalue weighted by Gasteiger charge is -2.27. The van der Waals surface area contributed by atoms with Crippen molar-refractivity contribution in [2.75, 3.05) is 36.4 Å². The van der Waals surface area contributed by atoms with Crippen molar-refractivity contribution in [3.63, 3.8) is 0 Å². The first-order valence-corrected chi connectivity index (χ1v) is 12.6. The molecule has 0 aliphatic carbocycles. The summed E-state index contributed by atoms with van der Waals surface area (Å²) < 4.78 is 33.6. The van der Waals surface area contributed by atoms with Crippen LogP contribution in [0.25, 0.3) is 27.3 Å². The van der Waals surface area contributed by atoms with E-state index in [1.165, 1.54) is 11.1 Å². The average molecular weight is 510 g/mol. The normalized spacial score (nSPS) is 14.4. The summed E-state index contributed by atoms with van der Waals surface area (Å²) in [4.78, 5) is 20.6. The second-order valence-corrected chi connectivity index (χ2v) is 10.1. The van der Waals surface area contributed by atoms with E-state index in [2.05, 4.69) is 41.7 Å². The van der Waals surface area contributed by atoms with Gasteiger partial charge in [-0.3, -0.25) is 4.40 Å². The molecule has 0 bridgehead atoms. The second kappa shape index (κ2) is 8.79. The zero-order chi connectivity index (χ0) is 25.0. The molecule has 1 aliphatic heterocycles.